The Labute approximate surface area is 142 Å². The molecule has 0 aliphatic rings. The number of amides is 1. The normalized spacial score (nSPS) is 14.0. The first-order chi connectivity index (χ1) is 11.1. The van der Waals surface area contributed by atoms with Crippen molar-refractivity contribution in [2.24, 2.45) is 0 Å². The first kappa shape index (κ1) is 21.9. The van der Waals surface area contributed by atoms with E-state index in [0.717, 1.165) is 0 Å². The average Bonchev–Trinajstić information content (AvgIpc) is 2.40. The molecular formula is C16H27NO7. The summed E-state index contributed by atoms with van der Waals surface area (Å²) in [6.45, 7) is 6.83. The highest BCUT2D eigenvalue weighted by atomic mass is 16.6. The lowest BCUT2D eigenvalue weighted by Crippen LogP contribution is -2.39. The summed E-state index contributed by atoms with van der Waals surface area (Å²) in [6.07, 6.45) is 0.0964. The molecule has 1 amide bonds. The summed E-state index contributed by atoms with van der Waals surface area (Å²) in [4.78, 5) is 44.5. The molecule has 0 aromatic heterocycles. The first-order valence-corrected chi connectivity index (χ1v) is 7.86. The standard InChI is InChI=1S/C16H27NO7/c1-10(17-11(2)18)7-6-8-15(23-13(4)20)16(24-14(5)21)9-22-12(3)19/h10,15-16H,6-9H2,1-5H3,(H,17,18). The van der Waals surface area contributed by atoms with E-state index in [1.807, 2.05) is 6.92 Å². The maximum absolute atomic E-state index is 11.3. The lowest BCUT2D eigenvalue weighted by atomic mass is 10.0. The van der Waals surface area contributed by atoms with E-state index >= 15 is 0 Å². The molecule has 1 N–H and O–H groups in total. The van der Waals surface area contributed by atoms with Gasteiger partial charge >= 0.3 is 17.9 Å². The second-order valence-corrected chi connectivity index (χ2v) is 5.63. The molecule has 0 radical (unpaired) electrons. The molecule has 0 rings (SSSR count). The smallest absolute Gasteiger partial charge is 0.303 e. The van der Waals surface area contributed by atoms with E-state index < -0.39 is 30.1 Å². The van der Waals surface area contributed by atoms with Crippen molar-refractivity contribution in [2.45, 2.75) is 72.1 Å². The fourth-order valence-electron chi connectivity index (χ4n) is 2.21. The molecule has 0 saturated carbocycles. The van der Waals surface area contributed by atoms with Crippen LogP contribution in [0.1, 0.15) is 53.9 Å². The Morgan fingerprint density at radius 3 is 1.83 bits per heavy atom. The van der Waals surface area contributed by atoms with Crippen LogP contribution in [-0.4, -0.2) is 48.7 Å². The number of ether oxygens (including phenoxy) is 3. The molecule has 3 atom stereocenters. The van der Waals surface area contributed by atoms with Gasteiger partial charge in [-0.15, -0.1) is 0 Å². The van der Waals surface area contributed by atoms with Gasteiger partial charge in [0.05, 0.1) is 0 Å². The third-order valence-electron chi connectivity index (χ3n) is 3.08. The summed E-state index contributed by atoms with van der Waals surface area (Å²) in [6, 6.07) is -0.0267. The number of esters is 3. The molecule has 0 aromatic carbocycles. The maximum Gasteiger partial charge on any atom is 0.303 e. The molecule has 3 unspecified atom stereocenters. The van der Waals surface area contributed by atoms with Crippen molar-refractivity contribution in [3.63, 3.8) is 0 Å². The number of carbonyl (C=O) groups excluding carboxylic acids is 4. The van der Waals surface area contributed by atoms with Crippen LogP contribution in [0.15, 0.2) is 0 Å². The highest BCUT2D eigenvalue weighted by molar-refractivity contribution is 5.73. The molecule has 24 heavy (non-hydrogen) atoms. The topological polar surface area (TPSA) is 108 Å². The van der Waals surface area contributed by atoms with E-state index in [1.165, 1.54) is 27.7 Å². The predicted molar refractivity (Wildman–Crippen MR) is 84.9 cm³/mol. The minimum Gasteiger partial charge on any atom is -0.462 e. The van der Waals surface area contributed by atoms with Crippen LogP contribution in [0.3, 0.4) is 0 Å². The van der Waals surface area contributed by atoms with Crippen LogP contribution >= 0.6 is 0 Å². The fourth-order valence-corrected chi connectivity index (χ4v) is 2.21. The lowest BCUT2D eigenvalue weighted by molar-refractivity contribution is -0.173. The van der Waals surface area contributed by atoms with Crippen molar-refractivity contribution in [2.75, 3.05) is 6.61 Å². The van der Waals surface area contributed by atoms with Gasteiger partial charge in [0.25, 0.3) is 0 Å². The molecule has 0 spiro atoms. The summed E-state index contributed by atoms with van der Waals surface area (Å²) in [5.41, 5.74) is 0. The Hall–Kier alpha value is -2.12. The van der Waals surface area contributed by atoms with E-state index in [9.17, 15) is 19.2 Å². The van der Waals surface area contributed by atoms with Crippen LogP contribution in [0.2, 0.25) is 0 Å². The molecule has 8 heteroatoms. The minimum atomic E-state index is -0.869. The van der Waals surface area contributed by atoms with Crippen molar-refractivity contribution in [1.29, 1.82) is 0 Å². The second kappa shape index (κ2) is 11.4. The maximum atomic E-state index is 11.3. The molecule has 0 aliphatic carbocycles. The van der Waals surface area contributed by atoms with E-state index in [-0.39, 0.29) is 18.6 Å². The van der Waals surface area contributed by atoms with Crippen molar-refractivity contribution in [1.82, 2.24) is 5.32 Å². The second-order valence-electron chi connectivity index (χ2n) is 5.63. The third-order valence-corrected chi connectivity index (χ3v) is 3.08. The van der Waals surface area contributed by atoms with E-state index in [0.29, 0.717) is 19.3 Å². The van der Waals surface area contributed by atoms with E-state index in [4.69, 9.17) is 14.2 Å². The zero-order valence-corrected chi connectivity index (χ0v) is 14.9. The van der Waals surface area contributed by atoms with Gasteiger partial charge in [-0.25, -0.2) is 0 Å². The van der Waals surface area contributed by atoms with Gasteiger partial charge in [0.1, 0.15) is 12.7 Å². The number of nitrogens with one attached hydrogen (secondary N) is 1. The molecule has 0 aliphatic heterocycles. The molecule has 8 nitrogen and oxygen atoms in total. The Morgan fingerprint density at radius 2 is 1.38 bits per heavy atom. The largest absolute Gasteiger partial charge is 0.462 e. The number of rotatable bonds is 10. The first-order valence-electron chi connectivity index (χ1n) is 7.86. The van der Waals surface area contributed by atoms with Crippen LogP contribution in [0.5, 0.6) is 0 Å². The summed E-state index contributed by atoms with van der Waals surface area (Å²) in [5.74, 6) is -1.72. The van der Waals surface area contributed by atoms with Gasteiger partial charge in [-0.05, 0) is 26.2 Å². The molecule has 0 heterocycles. The van der Waals surface area contributed by atoms with Crippen molar-refractivity contribution in [3.05, 3.63) is 0 Å². The van der Waals surface area contributed by atoms with Crippen molar-refractivity contribution < 1.29 is 33.4 Å². The van der Waals surface area contributed by atoms with Gasteiger partial charge < -0.3 is 19.5 Å². The monoisotopic (exact) mass is 345 g/mol. The zero-order chi connectivity index (χ0) is 18.7. The third kappa shape index (κ3) is 11.4. The van der Waals surface area contributed by atoms with Gasteiger partial charge in [0, 0.05) is 33.7 Å². The number of hydrogen-bond acceptors (Lipinski definition) is 7. The predicted octanol–water partition coefficient (Wildman–Crippen LogP) is 1.11. The molecular weight excluding hydrogens is 318 g/mol. The highest BCUT2D eigenvalue weighted by Crippen LogP contribution is 2.15. The number of carbonyl (C=O) groups is 4. The lowest BCUT2D eigenvalue weighted by Gasteiger charge is -2.26. The van der Waals surface area contributed by atoms with Crippen LogP contribution in [0, 0.1) is 0 Å². The Balaban J connectivity index is 4.75. The minimum absolute atomic E-state index is 0.0267. The highest BCUT2D eigenvalue weighted by Gasteiger charge is 2.28. The molecule has 0 fully saturated rings. The van der Waals surface area contributed by atoms with Gasteiger partial charge in [-0.3, -0.25) is 19.2 Å². The Kier molecular flexibility index (Phi) is 10.4. The van der Waals surface area contributed by atoms with Crippen LogP contribution in [0.25, 0.3) is 0 Å². The van der Waals surface area contributed by atoms with Crippen LogP contribution in [0.4, 0.5) is 0 Å². The molecule has 0 aromatic rings. The molecule has 0 bridgehead atoms. The summed E-state index contributed by atoms with van der Waals surface area (Å²) >= 11 is 0. The van der Waals surface area contributed by atoms with Gasteiger partial charge in [0.2, 0.25) is 5.91 Å². The summed E-state index contributed by atoms with van der Waals surface area (Å²) in [7, 11) is 0. The average molecular weight is 345 g/mol. The van der Waals surface area contributed by atoms with Crippen LogP contribution < -0.4 is 5.32 Å². The van der Waals surface area contributed by atoms with E-state index in [1.54, 1.807) is 0 Å². The van der Waals surface area contributed by atoms with Crippen molar-refractivity contribution in [3.8, 4) is 0 Å². The van der Waals surface area contributed by atoms with Gasteiger partial charge in [-0.2, -0.15) is 0 Å². The molecule has 0 saturated heterocycles. The Bertz CT molecular complexity index is 450. The summed E-state index contributed by atoms with van der Waals surface area (Å²) < 4.78 is 15.2. The van der Waals surface area contributed by atoms with Crippen molar-refractivity contribution >= 4 is 23.8 Å². The number of hydrogen-bond donors (Lipinski definition) is 1. The summed E-state index contributed by atoms with van der Waals surface area (Å²) in [5, 5.41) is 2.76. The van der Waals surface area contributed by atoms with E-state index in [2.05, 4.69) is 5.32 Å². The quantitative estimate of drug-likeness (QED) is 0.466. The van der Waals surface area contributed by atoms with Gasteiger partial charge in [0.15, 0.2) is 6.10 Å². The SMILES string of the molecule is CC(=O)NC(C)CCCC(OC(C)=O)C(COC(C)=O)OC(C)=O. The fraction of sp³-hybridized carbons (Fsp3) is 0.750. The molecule has 138 valence electrons. The Morgan fingerprint density at radius 1 is 0.833 bits per heavy atom. The van der Waals surface area contributed by atoms with Gasteiger partial charge in [-0.1, -0.05) is 0 Å². The zero-order valence-electron chi connectivity index (χ0n) is 14.9. The van der Waals surface area contributed by atoms with Crippen LogP contribution in [-0.2, 0) is 33.4 Å².